The third kappa shape index (κ3) is 1.83. The maximum atomic E-state index is 6.00. The van der Waals surface area contributed by atoms with Crippen LogP contribution in [0, 0.1) is 12.3 Å². The van der Waals surface area contributed by atoms with E-state index in [2.05, 4.69) is 10.9 Å². The van der Waals surface area contributed by atoms with Crippen LogP contribution < -0.4 is 5.73 Å². The summed E-state index contributed by atoms with van der Waals surface area (Å²) in [5, 5.41) is 1.09. The van der Waals surface area contributed by atoms with E-state index in [9.17, 15) is 0 Å². The highest BCUT2D eigenvalue weighted by Crippen LogP contribution is 2.22. The van der Waals surface area contributed by atoms with Crippen LogP contribution >= 0.6 is 0 Å². The van der Waals surface area contributed by atoms with Gasteiger partial charge in [0.2, 0.25) is 0 Å². The van der Waals surface area contributed by atoms with Crippen LogP contribution in [0.3, 0.4) is 0 Å². The second-order valence-corrected chi connectivity index (χ2v) is 3.43. The molecule has 1 heterocycles. The molecule has 0 bridgehead atoms. The average Bonchev–Trinajstić information content (AvgIpc) is 2.28. The van der Waals surface area contributed by atoms with Crippen molar-refractivity contribution < 1.29 is 0 Å². The molecule has 0 amide bonds. The van der Waals surface area contributed by atoms with E-state index in [0.29, 0.717) is 6.42 Å². The Balaban J connectivity index is 2.56. The fourth-order valence-electron chi connectivity index (χ4n) is 1.69. The van der Waals surface area contributed by atoms with Crippen LogP contribution in [0.4, 0.5) is 0 Å². The molecular weight excluding hydrogens is 184 g/mol. The van der Waals surface area contributed by atoms with E-state index in [1.54, 1.807) is 6.20 Å². The van der Waals surface area contributed by atoms with Crippen molar-refractivity contribution in [1.29, 1.82) is 0 Å². The molecule has 0 fully saturated rings. The lowest BCUT2D eigenvalue weighted by atomic mass is 10.00. The summed E-state index contributed by atoms with van der Waals surface area (Å²) in [5.41, 5.74) is 8.03. The molecule has 0 aliphatic carbocycles. The summed E-state index contributed by atoms with van der Waals surface area (Å²) >= 11 is 0. The van der Waals surface area contributed by atoms with E-state index < -0.39 is 0 Å². The van der Waals surface area contributed by atoms with Gasteiger partial charge >= 0.3 is 0 Å². The number of fused-ring (bicyclic) bond motifs is 1. The van der Waals surface area contributed by atoms with Crippen molar-refractivity contribution in [3.8, 4) is 12.3 Å². The van der Waals surface area contributed by atoms with Gasteiger partial charge in [-0.3, -0.25) is 4.98 Å². The molecule has 0 saturated heterocycles. The highest BCUT2D eigenvalue weighted by Gasteiger charge is 2.08. The van der Waals surface area contributed by atoms with Crippen LogP contribution in [-0.4, -0.2) is 4.98 Å². The van der Waals surface area contributed by atoms with Crippen LogP contribution in [0.15, 0.2) is 36.5 Å². The molecule has 0 aliphatic heterocycles. The Labute approximate surface area is 89.1 Å². The number of terminal acetylenes is 1. The molecule has 1 aromatic carbocycles. The first-order chi connectivity index (χ1) is 7.33. The van der Waals surface area contributed by atoms with Gasteiger partial charge in [-0.1, -0.05) is 18.2 Å². The van der Waals surface area contributed by atoms with Crippen molar-refractivity contribution in [3.05, 3.63) is 42.1 Å². The molecule has 2 nitrogen and oxygen atoms in total. The minimum atomic E-state index is -0.108. The fraction of sp³-hybridized carbons (Fsp3) is 0.154. The number of nitrogens with zero attached hydrogens (tertiary/aromatic N) is 1. The lowest BCUT2D eigenvalue weighted by Gasteiger charge is -2.11. The van der Waals surface area contributed by atoms with E-state index in [1.165, 1.54) is 0 Å². The minimum Gasteiger partial charge on any atom is -0.323 e. The summed E-state index contributed by atoms with van der Waals surface area (Å²) in [7, 11) is 0. The molecule has 2 N–H and O–H groups in total. The number of pyridine rings is 1. The lowest BCUT2D eigenvalue weighted by Crippen LogP contribution is -2.09. The summed E-state index contributed by atoms with van der Waals surface area (Å²) in [5.74, 6) is 2.59. The maximum Gasteiger partial charge on any atom is 0.0705 e. The van der Waals surface area contributed by atoms with Crippen molar-refractivity contribution in [2.24, 2.45) is 5.73 Å². The number of hydrogen-bond donors (Lipinski definition) is 1. The summed E-state index contributed by atoms with van der Waals surface area (Å²) in [4.78, 5) is 4.28. The first-order valence-corrected chi connectivity index (χ1v) is 4.85. The predicted molar refractivity (Wildman–Crippen MR) is 62.1 cm³/mol. The molecule has 15 heavy (non-hydrogen) atoms. The van der Waals surface area contributed by atoms with Crippen molar-refractivity contribution in [2.45, 2.75) is 12.5 Å². The van der Waals surface area contributed by atoms with E-state index in [1.807, 2.05) is 30.3 Å². The van der Waals surface area contributed by atoms with Crippen LogP contribution in [-0.2, 0) is 0 Å². The molecule has 0 radical (unpaired) electrons. The van der Waals surface area contributed by atoms with E-state index in [4.69, 9.17) is 12.2 Å². The topological polar surface area (TPSA) is 38.9 Å². The second-order valence-electron chi connectivity index (χ2n) is 3.43. The summed E-state index contributed by atoms with van der Waals surface area (Å²) in [6.07, 6.45) is 7.59. The van der Waals surface area contributed by atoms with Gasteiger partial charge in [0, 0.05) is 24.0 Å². The Morgan fingerprint density at radius 2 is 2.20 bits per heavy atom. The lowest BCUT2D eigenvalue weighted by molar-refractivity contribution is 0.761. The van der Waals surface area contributed by atoms with Crippen molar-refractivity contribution in [3.63, 3.8) is 0 Å². The molecule has 0 spiro atoms. The van der Waals surface area contributed by atoms with Crippen molar-refractivity contribution >= 4 is 10.9 Å². The predicted octanol–water partition coefficient (Wildman–Crippen LogP) is 2.26. The molecule has 1 atom stereocenters. The van der Waals surface area contributed by atoms with Gasteiger partial charge in [0.1, 0.15) is 0 Å². The molecule has 0 aliphatic rings. The van der Waals surface area contributed by atoms with Crippen LogP contribution in [0.5, 0.6) is 0 Å². The molecule has 74 valence electrons. The normalized spacial score (nSPS) is 12.3. The number of aromatic nitrogens is 1. The molecule has 1 unspecified atom stereocenters. The molecule has 2 aromatic rings. The molecule has 0 saturated carbocycles. The van der Waals surface area contributed by atoms with Gasteiger partial charge < -0.3 is 5.73 Å². The van der Waals surface area contributed by atoms with Gasteiger partial charge in [-0.25, -0.2) is 0 Å². The zero-order valence-corrected chi connectivity index (χ0v) is 8.35. The van der Waals surface area contributed by atoms with Gasteiger partial charge in [-0.15, -0.1) is 12.3 Å². The Bertz CT molecular complexity index is 506. The zero-order chi connectivity index (χ0) is 10.7. The van der Waals surface area contributed by atoms with Gasteiger partial charge in [0.05, 0.1) is 5.52 Å². The first kappa shape index (κ1) is 9.70. The third-order valence-electron chi connectivity index (χ3n) is 2.42. The van der Waals surface area contributed by atoms with Crippen LogP contribution in [0.25, 0.3) is 10.9 Å². The number of rotatable bonds is 2. The number of benzene rings is 1. The summed E-state index contributed by atoms with van der Waals surface area (Å²) in [6.45, 7) is 0. The Morgan fingerprint density at radius 1 is 1.33 bits per heavy atom. The Morgan fingerprint density at radius 3 is 3.00 bits per heavy atom. The molecular formula is C13H12N2. The van der Waals surface area contributed by atoms with E-state index >= 15 is 0 Å². The molecule has 1 aromatic heterocycles. The van der Waals surface area contributed by atoms with Gasteiger partial charge in [-0.05, 0) is 17.7 Å². The van der Waals surface area contributed by atoms with E-state index in [0.717, 1.165) is 16.5 Å². The van der Waals surface area contributed by atoms with Crippen LogP contribution in [0.1, 0.15) is 18.0 Å². The largest absolute Gasteiger partial charge is 0.323 e. The quantitative estimate of drug-likeness (QED) is 0.748. The highest BCUT2D eigenvalue weighted by atomic mass is 14.7. The summed E-state index contributed by atoms with van der Waals surface area (Å²) in [6, 6.07) is 9.76. The summed E-state index contributed by atoms with van der Waals surface area (Å²) < 4.78 is 0. The van der Waals surface area contributed by atoms with Gasteiger partial charge in [-0.2, -0.15) is 0 Å². The Kier molecular flexibility index (Phi) is 2.66. The van der Waals surface area contributed by atoms with E-state index in [-0.39, 0.29) is 6.04 Å². The zero-order valence-electron chi connectivity index (χ0n) is 8.35. The maximum absolute atomic E-state index is 6.00. The fourth-order valence-corrected chi connectivity index (χ4v) is 1.69. The van der Waals surface area contributed by atoms with Crippen molar-refractivity contribution in [1.82, 2.24) is 4.98 Å². The third-order valence-corrected chi connectivity index (χ3v) is 2.42. The van der Waals surface area contributed by atoms with Gasteiger partial charge in [0.15, 0.2) is 0 Å². The standard InChI is InChI=1S/C13H12N2/c1-2-5-12(14)10-6-3-8-13-11(10)7-4-9-15-13/h1,3-4,6-9,12H,5,14H2. The second kappa shape index (κ2) is 4.12. The number of hydrogen-bond acceptors (Lipinski definition) is 2. The smallest absolute Gasteiger partial charge is 0.0705 e. The van der Waals surface area contributed by atoms with Crippen LogP contribution in [0.2, 0.25) is 0 Å². The van der Waals surface area contributed by atoms with Crippen molar-refractivity contribution in [2.75, 3.05) is 0 Å². The minimum absolute atomic E-state index is 0.108. The monoisotopic (exact) mass is 196 g/mol. The SMILES string of the molecule is C#CCC(N)c1cccc2ncccc12. The average molecular weight is 196 g/mol. The molecule has 2 rings (SSSR count). The Hall–Kier alpha value is -1.85. The first-order valence-electron chi connectivity index (χ1n) is 4.85. The molecule has 2 heteroatoms. The number of nitrogens with two attached hydrogens (primary N) is 1. The highest BCUT2D eigenvalue weighted by molar-refractivity contribution is 5.82. The van der Waals surface area contributed by atoms with Gasteiger partial charge in [0.25, 0.3) is 0 Å².